The largest absolute Gasteiger partial charge is 0.508 e. The Hall–Kier alpha value is -1.96. The first-order valence-electron chi connectivity index (χ1n) is 9.43. The van der Waals surface area contributed by atoms with Gasteiger partial charge in [-0.2, -0.15) is 0 Å². The van der Waals surface area contributed by atoms with Crippen LogP contribution < -0.4 is 0 Å². The predicted molar refractivity (Wildman–Crippen MR) is 103 cm³/mol. The molecule has 0 bridgehead atoms. The van der Waals surface area contributed by atoms with Crippen LogP contribution in [0.1, 0.15) is 61.8 Å². The lowest BCUT2D eigenvalue weighted by Crippen LogP contribution is -2.34. The zero-order valence-electron chi connectivity index (χ0n) is 15.8. The van der Waals surface area contributed by atoms with Gasteiger partial charge >= 0.3 is 0 Å². The Morgan fingerprint density at radius 2 is 1.40 bits per heavy atom. The van der Waals surface area contributed by atoms with Crippen molar-refractivity contribution in [3.8, 4) is 11.5 Å². The second-order valence-corrected chi connectivity index (χ2v) is 8.17. The van der Waals surface area contributed by atoms with Crippen LogP contribution in [-0.2, 0) is 5.41 Å². The van der Waals surface area contributed by atoms with Gasteiger partial charge in [-0.15, -0.1) is 0 Å². The smallest absolute Gasteiger partial charge is 0.121 e. The summed E-state index contributed by atoms with van der Waals surface area (Å²) in [5, 5.41) is 19.9. The van der Waals surface area contributed by atoms with Crippen LogP contribution in [0.4, 0.5) is 0 Å². The lowest BCUT2D eigenvalue weighted by Gasteiger charge is -2.43. The third-order valence-electron chi connectivity index (χ3n) is 6.29. The van der Waals surface area contributed by atoms with Gasteiger partial charge in [0.15, 0.2) is 0 Å². The zero-order chi connectivity index (χ0) is 18.2. The Labute approximate surface area is 151 Å². The van der Waals surface area contributed by atoms with Gasteiger partial charge in [-0.25, -0.2) is 0 Å². The summed E-state index contributed by atoms with van der Waals surface area (Å²) in [4.78, 5) is 0. The highest BCUT2D eigenvalue weighted by atomic mass is 16.3. The molecular weight excluding hydrogens is 308 g/mol. The third kappa shape index (κ3) is 3.27. The molecule has 2 heteroatoms. The first-order chi connectivity index (χ1) is 11.8. The molecule has 1 aliphatic carbocycles. The van der Waals surface area contributed by atoms with E-state index in [4.69, 9.17) is 0 Å². The van der Waals surface area contributed by atoms with Crippen LogP contribution in [0.15, 0.2) is 36.4 Å². The van der Waals surface area contributed by atoms with E-state index in [-0.39, 0.29) is 5.41 Å². The van der Waals surface area contributed by atoms with E-state index in [0.717, 1.165) is 35.8 Å². The molecule has 2 N–H and O–H groups in total. The summed E-state index contributed by atoms with van der Waals surface area (Å²) in [6.07, 6.45) is 4.67. The van der Waals surface area contributed by atoms with E-state index in [1.807, 2.05) is 13.8 Å². The molecule has 0 amide bonds. The molecule has 0 atom stereocenters. The molecule has 0 saturated heterocycles. The van der Waals surface area contributed by atoms with Gasteiger partial charge in [0.1, 0.15) is 11.5 Å². The minimum atomic E-state index is -0.0255. The summed E-state index contributed by atoms with van der Waals surface area (Å²) in [5.74, 6) is 2.22. The number of phenolic OH excluding ortho intramolecular Hbond substituents is 2. The topological polar surface area (TPSA) is 40.5 Å². The molecule has 1 aliphatic rings. The van der Waals surface area contributed by atoms with Gasteiger partial charge < -0.3 is 10.2 Å². The molecule has 2 nitrogen and oxygen atoms in total. The fraction of sp³-hybridized carbons (Fsp3) is 0.478. The Morgan fingerprint density at radius 1 is 0.880 bits per heavy atom. The van der Waals surface area contributed by atoms with Gasteiger partial charge in [-0.1, -0.05) is 38.1 Å². The molecule has 0 heterocycles. The average Bonchev–Trinajstić information content (AvgIpc) is 2.59. The van der Waals surface area contributed by atoms with Crippen LogP contribution in [0.5, 0.6) is 11.5 Å². The summed E-state index contributed by atoms with van der Waals surface area (Å²) >= 11 is 0. The molecule has 0 radical (unpaired) electrons. The van der Waals surface area contributed by atoms with Crippen LogP contribution in [0.3, 0.4) is 0 Å². The highest BCUT2D eigenvalue weighted by Gasteiger charge is 2.39. The van der Waals surface area contributed by atoms with Gasteiger partial charge in [0.05, 0.1) is 0 Å². The third-order valence-corrected chi connectivity index (χ3v) is 6.29. The molecule has 134 valence electrons. The van der Waals surface area contributed by atoms with Crippen LogP contribution >= 0.6 is 0 Å². The SMILES string of the molecule is Cc1cc(C2(c3ccc(O)cc3)CCC(C(C)C)CC2)cc(C)c1O. The number of phenols is 2. The van der Waals surface area contributed by atoms with Gasteiger partial charge in [0.25, 0.3) is 0 Å². The second kappa shape index (κ2) is 6.74. The normalized spacial score (nSPS) is 23.8. The Balaban J connectivity index is 2.09. The first kappa shape index (κ1) is 17.8. The molecule has 1 fully saturated rings. The highest BCUT2D eigenvalue weighted by molar-refractivity contribution is 5.49. The summed E-state index contributed by atoms with van der Waals surface area (Å²) in [7, 11) is 0. The summed E-state index contributed by atoms with van der Waals surface area (Å²) in [6.45, 7) is 8.62. The van der Waals surface area contributed by atoms with Gasteiger partial charge in [-0.05, 0) is 85.8 Å². The van der Waals surface area contributed by atoms with E-state index in [2.05, 4.69) is 38.1 Å². The van der Waals surface area contributed by atoms with E-state index in [9.17, 15) is 10.2 Å². The monoisotopic (exact) mass is 338 g/mol. The van der Waals surface area contributed by atoms with Crippen molar-refractivity contribution in [1.82, 2.24) is 0 Å². The predicted octanol–water partition coefficient (Wildman–Crippen LogP) is 5.85. The van der Waals surface area contributed by atoms with Crippen molar-refractivity contribution in [3.63, 3.8) is 0 Å². The number of benzene rings is 2. The van der Waals surface area contributed by atoms with Crippen LogP contribution in [0.25, 0.3) is 0 Å². The van der Waals surface area contributed by atoms with Gasteiger partial charge in [0.2, 0.25) is 0 Å². The molecule has 25 heavy (non-hydrogen) atoms. The molecule has 2 aromatic rings. The fourth-order valence-electron chi connectivity index (χ4n) is 4.56. The maximum atomic E-state index is 10.2. The van der Waals surface area contributed by atoms with Crippen molar-refractivity contribution >= 4 is 0 Å². The Kier molecular flexibility index (Phi) is 4.81. The quantitative estimate of drug-likeness (QED) is 0.737. The van der Waals surface area contributed by atoms with Crippen molar-refractivity contribution in [2.75, 3.05) is 0 Å². The van der Waals surface area contributed by atoms with Crippen LogP contribution in [0, 0.1) is 25.7 Å². The Morgan fingerprint density at radius 3 is 1.88 bits per heavy atom. The lowest BCUT2D eigenvalue weighted by atomic mass is 9.61. The molecule has 2 aromatic carbocycles. The average molecular weight is 338 g/mol. The van der Waals surface area contributed by atoms with E-state index < -0.39 is 0 Å². The number of hydrogen-bond donors (Lipinski definition) is 2. The maximum absolute atomic E-state index is 10.2. The lowest BCUT2D eigenvalue weighted by molar-refractivity contribution is 0.217. The maximum Gasteiger partial charge on any atom is 0.121 e. The number of rotatable bonds is 3. The van der Waals surface area contributed by atoms with Gasteiger partial charge in [0, 0.05) is 5.41 Å². The van der Waals surface area contributed by atoms with Crippen molar-refractivity contribution in [2.45, 2.75) is 58.8 Å². The number of aryl methyl sites for hydroxylation is 2. The van der Waals surface area contributed by atoms with Crippen molar-refractivity contribution in [2.24, 2.45) is 11.8 Å². The molecule has 1 saturated carbocycles. The van der Waals surface area contributed by atoms with Crippen LogP contribution in [-0.4, -0.2) is 10.2 Å². The summed E-state index contributed by atoms with van der Waals surface area (Å²) < 4.78 is 0. The van der Waals surface area contributed by atoms with Crippen LogP contribution in [0.2, 0.25) is 0 Å². The highest BCUT2D eigenvalue weighted by Crippen LogP contribution is 2.49. The van der Waals surface area contributed by atoms with E-state index >= 15 is 0 Å². The van der Waals surface area contributed by atoms with E-state index in [1.165, 1.54) is 24.0 Å². The fourth-order valence-corrected chi connectivity index (χ4v) is 4.56. The van der Waals surface area contributed by atoms with Crippen molar-refractivity contribution < 1.29 is 10.2 Å². The molecule has 0 spiro atoms. The second-order valence-electron chi connectivity index (χ2n) is 8.17. The molecule has 0 unspecified atom stereocenters. The molecule has 0 aliphatic heterocycles. The molecule has 0 aromatic heterocycles. The first-order valence-corrected chi connectivity index (χ1v) is 9.43. The zero-order valence-corrected chi connectivity index (χ0v) is 15.8. The van der Waals surface area contributed by atoms with Crippen molar-refractivity contribution in [1.29, 1.82) is 0 Å². The standard InChI is InChI=1S/C23H30O2/c1-15(2)18-9-11-23(12-10-18,19-5-7-21(24)8-6-19)20-13-16(3)22(25)17(4)14-20/h5-8,13-15,18,24-25H,9-12H2,1-4H3. The van der Waals surface area contributed by atoms with E-state index in [0.29, 0.717) is 11.5 Å². The molecular formula is C23H30O2. The van der Waals surface area contributed by atoms with Crippen molar-refractivity contribution in [3.05, 3.63) is 58.7 Å². The number of hydrogen-bond acceptors (Lipinski definition) is 2. The minimum Gasteiger partial charge on any atom is -0.508 e. The van der Waals surface area contributed by atoms with Gasteiger partial charge in [-0.3, -0.25) is 0 Å². The molecule has 3 rings (SSSR count). The number of aromatic hydroxyl groups is 2. The summed E-state index contributed by atoms with van der Waals surface area (Å²) in [6, 6.07) is 12.1. The minimum absolute atomic E-state index is 0.0255. The summed E-state index contributed by atoms with van der Waals surface area (Å²) in [5.41, 5.74) is 4.44. The Bertz CT molecular complexity index is 712. The van der Waals surface area contributed by atoms with E-state index in [1.54, 1.807) is 12.1 Å².